The van der Waals surface area contributed by atoms with E-state index in [1.54, 1.807) is 0 Å². The molecule has 0 atom stereocenters. The number of anilines is 1. The minimum atomic E-state index is -4.52. The van der Waals surface area contributed by atoms with Gasteiger partial charge < -0.3 is 4.98 Å². The lowest BCUT2D eigenvalue weighted by Crippen LogP contribution is -2.38. The van der Waals surface area contributed by atoms with Crippen molar-refractivity contribution in [3.05, 3.63) is 57.6 Å². The summed E-state index contributed by atoms with van der Waals surface area (Å²) in [5.41, 5.74) is -0.940. The Kier molecular flexibility index (Phi) is 3.67. The standard InChI is InChI=1S/C15H12F3N3O2/c16-15(17,18)10-4-1-3-9(7-10)14(23)21-6-2-5-11-12(21)19-8-20-13(11)22/h1,3-4,7-8H,2,5-6H2,(H,19,20,22). The van der Waals surface area contributed by atoms with Crippen molar-refractivity contribution in [2.45, 2.75) is 19.0 Å². The topological polar surface area (TPSA) is 66.1 Å². The fourth-order valence-electron chi connectivity index (χ4n) is 2.58. The van der Waals surface area contributed by atoms with Crippen molar-refractivity contribution in [3.8, 4) is 0 Å². The molecule has 0 unspecified atom stereocenters. The molecule has 0 radical (unpaired) electrons. The van der Waals surface area contributed by atoms with Crippen molar-refractivity contribution in [2.75, 3.05) is 11.4 Å². The van der Waals surface area contributed by atoms with Crippen LogP contribution in [0.3, 0.4) is 0 Å². The number of halogens is 3. The molecule has 0 aliphatic carbocycles. The van der Waals surface area contributed by atoms with E-state index in [1.807, 2.05) is 0 Å². The summed E-state index contributed by atoms with van der Waals surface area (Å²) in [7, 11) is 0. The smallest absolute Gasteiger partial charge is 0.313 e. The van der Waals surface area contributed by atoms with E-state index in [-0.39, 0.29) is 16.9 Å². The van der Waals surface area contributed by atoms with Crippen LogP contribution >= 0.6 is 0 Å². The molecule has 1 aromatic heterocycles. The Morgan fingerprint density at radius 3 is 2.83 bits per heavy atom. The van der Waals surface area contributed by atoms with Crippen LogP contribution < -0.4 is 10.5 Å². The number of H-pyrrole nitrogens is 1. The molecule has 3 rings (SSSR count). The van der Waals surface area contributed by atoms with E-state index in [1.165, 1.54) is 23.4 Å². The molecule has 0 bridgehead atoms. The molecule has 8 heteroatoms. The molecule has 1 amide bonds. The molecule has 1 aliphatic rings. The van der Waals surface area contributed by atoms with Gasteiger partial charge in [0.25, 0.3) is 11.5 Å². The maximum Gasteiger partial charge on any atom is 0.416 e. The normalized spacial score (nSPS) is 14.5. The first-order valence-electron chi connectivity index (χ1n) is 6.93. The number of nitrogens with one attached hydrogen (secondary N) is 1. The lowest BCUT2D eigenvalue weighted by atomic mass is 10.0. The zero-order valence-corrected chi connectivity index (χ0v) is 11.9. The monoisotopic (exact) mass is 323 g/mol. The first-order valence-corrected chi connectivity index (χ1v) is 6.93. The summed E-state index contributed by atoms with van der Waals surface area (Å²) in [6, 6.07) is 4.22. The third-order valence-electron chi connectivity index (χ3n) is 3.67. The molecular formula is C15H12F3N3O2. The highest BCUT2D eigenvalue weighted by Crippen LogP contribution is 2.30. The number of carbonyl (C=O) groups is 1. The fraction of sp³-hybridized carbons (Fsp3) is 0.267. The lowest BCUT2D eigenvalue weighted by molar-refractivity contribution is -0.137. The first-order chi connectivity index (χ1) is 10.9. The molecule has 2 aromatic rings. The number of rotatable bonds is 1. The Bertz CT molecular complexity index is 814. The van der Waals surface area contributed by atoms with Crippen molar-refractivity contribution in [1.82, 2.24) is 9.97 Å². The summed E-state index contributed by atoms with van der Waals surface area (Å²) in [6.45, 7) is 0.304. The zero-order chi connectivity index (χ0) is 16.6. The summed E-state index contributed by atoms with van der Waals surface area (Å²) >= 11 is 0. The van der Waals surface area contributed by atoms with Gasteiger partial charge in [-0.15, -0.1) is 0 Å². The zero-order valence-electron chi connectivity index (χ0n) is 11.9. The number of hydrogen-bond donors (Lipinski definition) is 1. The van der Waals surface area contributed by atoms with E-state index in [0.29, 0.717) is 24.9 Å². The van der Waals surface area contributed by atoms with Gasteiger partial charge in [0.15, 0.2) is 0 Å². The van der Waals surface area contributed by atoms with Gasteiger partial charge in [0, 0.05) is 12.1 Å². The number of hydrogen-bond acceptors (Lipinski definition) is 3. The average molecular weight is 323 g/mol. The minimum absolute atomic E-state index is 0.0882. The molecule has 0 spiro atoms. The van der Waals surface area contributed by atoms with E-state index >= 15 is 0 Å². The fourth-order valence-corrected chi connectivity index (χ4v) is 2.58. The van der Waals surface area contributed by atoms with Crippen molar-refractivity contribution < 1.29 is 18.0 Å². The highest BCUT2D eigenvalue weighted by molar-refractivity contribution is 6.06. The van der Waals surface area contributed by atoms with Gasteiger partial charge in [0.2, 0.25) is 0 Å². The minimum Gasteiger partial charge on any atom is -0.313 e. The highest BCUT2D eigenvalue weighted by Gasteiger charge is 2.32. The molecule has 0 saturated heterocycles. The number of amides is 1. The lowest BCUT2D eigenvalue weighted by Gasteiger charge is -2.27. The maximum atomic E-state index is 12.8. The van der Waals surface area contributed by atoms with Crippen LogP contribution in [0.15, 0.2) is 35.4 Å². The van der Waals surface area contributed by atoms with Crippen LogP contribution in [0.5, 0.6) is 0 Å². The number of benzene rings is 1. The van der Waals surface area contributed by atoms with Crippen molar-refractivity contribution in [2.24, 2.45) is 0 Å². The second kappa shape index (κ2) is 5.53. The molecular weight excluding hydrogens is 311 g/mol. The van der Waals surface area contributed by atoms with Gasteiger partial charge in [-0.1, -0.05) is 6.07 Å². The Morgan fingerprint density at radius 2 is 2.09 bits per heavy atom. The van der Waals surface area contributed by atoms with Crippen molar-refractivity contribution >= 4 is 11.7 Å². The molecule has 120 valence electrons. The molecule has 23 heavy (non-hydrogen) atoms. The molecule has 1 N–H and O–H groups in total. The van der Waals surface area contributed by atoms with Gasteiger partial charge in [0.05, 0.1) is 17.5 Å². The highest BCUT2D eigenvalue weighted by atomic mass is 19.4. The van der Waals surface area contributed by atoms with Crippen LogP contribution in [-0.4, -0.2) is 22.4 Å². The van der Waals surface area contributed by atoms with Crippen LogP contribution in [0.25, 0.3) is 0 Å². The molecule has 0 fully saturated rings. The van der Waals surface area contributed by atoms with Gasteiger partial charge in [0.1, 0.15) is 5.82 Å². The second-order valence-corrected chi connectivity index (χ2v) is 5.17. The van der Waals surface area contributed by atoms with Crippen LogP contribution in [0.2, 0.25) is 0 Å². The molecule has 5 nitrogen and oxygen atoms in total. The summed E-state index contributed by atoms with van der Waals surface area (Å²) < 4.78 is 38.3. The molecule has 2 heterocycles. The Morgan fingerprint density at radius 1 is 1.30 bits per heavy atom. The number of aromatic amines is 1. The summed E-state index contributed by atoms with van der Waals surface area (Å²) in [6.07, 6.45) is -2.32. The number of alkyl halides is 3. The predicted molar refractivity (Wildman–Crippen MR) is 76.3 cm³/mol. The van der Waals surface area contributed by atoms with E-state index in [2.05, 4.69) is 9.97 Å². The third-order valence-corrected chi connectivity index (χ3v) is 3.67. The van der Waals surface area contributed by atoms with Crippen LogP contribution in [0, 0.1) is 0 Å². The maximum absolute atomic E-state index is 12.8. The SMILES string of the molecule is O=C(c1cccc(C(F)(F)F)c1)N1CCCc2c1nc[nH]c2=O. The van der Waals surface area contributed by atoms with Gasteiger partial charge in [-0.05, 0) is 31.0 Å². The number of nitrogens with zero attached hydrogens (tertiary/aromatic N) is 2. The van der Waals surface area contributed by atoms with Crippen molar-refractivity contribution in [1.29, 1.82) is 0 Å². The van der Waals surface area contributed by atoms with Gasteiger partial charge >= 0.3 is 6.18 Å². The molecule has 0 saturated carbocycles. The number of aromatic nitrogens is 2. The van der Waals surface area contributed by atoms with Crippen LogP contribution in [0.4, 0.5) is 19.0 Å². The largest absolute Gasteiger partial charge is 0.416 e. The quantitative estimate of drug-likeness (QED) is 0.876. The Hall–Kier alpha value is -2.64. The van der Waals surface area contributed by atoms with Gasteiger partial charge in [-0.25, -0.2) is 4.98 Å². The van der Waals surface area contributed by atoms with E-state index in [4.69, 9.17) is 0 Å². The van der Waals surface area contributed by atoms with Gasteiger partial charge in [-0.3, -0.25) is 14.5 Å². The van der Waals surface area contributed by atoms with Crippen LogP contribution in [-0.2, 0) is 12.6 Å². The third kappa shape index (κ3) is 2.84. The van der Waals surface area contributed by atoms with E-state index in [9.17, 15) is 22.8 Å². The summed E-state index contributed by atoms with van der Waals surface area (Å²) in [5.74, 6) is -0.391. The van der Waals surface area contributed by atoms with E-state index in [0.717, 1.165) is 12.1 Å². The summed E-state index contributed by atoms with van der Waals surface area (Å²) in [5, 5.41) is 0. The van der Waals surface area contributed by atoms with Crippen LogP contribution in [0.1, 0.15) is 27.9 Å². The number of fused-ring (bicyclic) bond motifs is 1. The second-order valence-electron chi connectivity index (χ2n) is 5.17. The molecule has 1 aliphatic heterocycles. The predicted octanol–water partition coefficient (Wildman–Crippen LogP) is 2.38. The summed E-state index contributed by atoms with van der Waals surface area (Å²) in [4.78, 5) is 32.0. The number of carbonyl (C=O) groups excluding carboxylic acids is 1. The Labute approximate surface area is 128 Å². The first kappa shape index (κ1) is 15.3. The van der Waals surface area contributed by atoms with Crippen molar-refractivity contribution in [3.63, 3.8) is 0 Å². The average Bonchev–Trinajstić information content (AvgIpc) is 2.53. The van der Waals surface area contributed by atoms with E-state index < -0.39 is 17.6 Å². The molecule has 1 aromatic carbocycles. The van der Waals surface area contributed by atoms with Gasteiger partial charge in [-0.2, -0.15) is 13.2 Å². The Balaban J connectivity index is 2.00.